The maximum absolute atomic E-state index is 13.6. The summed E-state index contributed by atoms with van der Waals surface area (Å²) in [5.41, 5.74) is 1.59. The summed E-state index contributed by atoms with van der Waals surface area (Å²) in [7, 11) is 0. The molecule has 0 heterocycles. The molecule has 0 saturated heterocycles. The highest BCUT2D eigenvalue weighted by atomic mass is 19.1. The van der Waals surface area contributed by atoms with Crippen molar-refractivity contribution in [3.05, 3.63) is 71.3 Å². The van der Waals surface area contributed by atoms with Crippen LogP contribution in [0.5, 0.6) is 0 Å². The van der Waals surface area contributed by atoms with Gasteiger partial charge in [-0.25, -0.2) is 8.78 Å². The van der Waals surface area contributed by atoms with Gasteiger partial charge in [-0.05, 0) is 49.6 Å². The SMILES string of the molecule is CC(Cc1ccccc1F)N[C@@H](C)c1cccc(F)c1. The van der Waals surface area contributed by atoms with Gasteiger partial charge in [0.15, 0.2) is 0 Å². The fourth-order valence-electron chi connectivity index (χ4n) is 2.35. The molecule has 0 fully saturated rings. The second kappa shape index (κ2) is 6.62. The van der Waals surface area contributed by atoms with Crippen LogP contribution in [0, 0.1) is 11.6 Å². The van der Waals surface area contributed by atoms with Crippen molar-refractivity contribution in [2.75, 3.05) is 0 Å². The van der Waals surface area contributed by atoms with E-state index in [9.17, 15) is 8.78 Å². The van der Waals surface area contributed by atoms with Gasteiger partial charge in [-0.15, -0.1) is 0 Å². The number of hydrogen-bond donors (Lipinski definition) is 1. The lowest BCUT2D eigenvalue weighted by molar-refractivity contribution is 0.467. The third-order valence-corrected chi connectivity index (χ3v) is 3.37. The first-order valence-corrected chi connectivity index (χ1v) is 6.81. The molecule has 0 bridgehead atoms. The van der Waals surface area contributed by atoms with E-state index in [1.807, 2.05) is 26.0 Å². The van der Waals surface area contributed by atoms with Crippen LogP contribution in [-0.4, -0.2) is 6.04 Å². The molecule has 1 N–H and O–H groups in total. The third kappa shape index (κ3) is 3.87. The Labute approximate surface area is 118 Å². The van der Waals surface area contributed by atoms with Crippen LogP contribution in [0.25, 0.3) is 0 Å². The van der Waals surface area contributed by atoms with E-state index >= 15 is 0 Å². The summed E-state index contributed by atoms with van der Waals surface area (Å²) in [6.45, 7) is 3.98. The highest BCUT2D eigenvalue weighted by molar-refractivity contribution is 5.21. The Balaban J connectivity index is 1.98. The third-order valence-electron chi connectivity index (χ3n) is 3.37. The van der Waals surface area contributed by atoms with Crippen molar-refractivity contribution in [2.24, 2.45) is 0 Å². The molecular weight excluding hydrogens is 256 g/mol. The van der Waals surface area contributed by atoms with Gasteiger partial charge in [0.05, 0.1) is 0 Å². The lowest BCUT2D eigenvalue weighted by Crippen LogP contribution is -2.31. The molecule has 3 heteroatoms. The molecule has 2 rings (SSSR count). The first kappa shape index (κ1) is 14.7. The smallest absolute Gasteiger partial charge is 0.126 e. The second-order valence-electron chi connectivity index (χ2n) is 5.14. The Morgan fingerprint density at radius 2 is 1.75 bits per heavy atom. The zero-order valence-electron chi connectivity index (χ0n) is 11.7. The predicted molar refractivity (Wildman–Crippen MR) is 77.5 cm³/mol. The van der Waals surface area contributed by atoms with Crippen molar-refractivity contribution in [1.29, 1.82) is 0 Å². The van der Waals surface area contributed by atoms with Crippen molar-refractivity contribution >= 4 is 0 Å². The van der Waals surface area contributed by atoms with Crippen molar-refractivity contribution in [3.63, 3.8) is 0 Å². The normalized spacial score (nSPS) is 14.0. The molecule has 2 aromatic rings. The van der Waals surface area contributed by atoms with Crippen LogP contribution in [0.3, 0.4) is 0 Å². The van der Waals surface area contributed by atoms with E-state index in [-0.39, 0.29) is 23.7 Å². The van der Waals surface area contributed by atoms with Gasteiger partial charge in [0.1, 0.15) is 11.6 Å². The highest BCUT2D eigenvalue weighted by Gasteiger charge is 2.12. The Bertz CT molecular complexity index is 568. The van der Waals surface area contributed by atoms with Crippen molar-refractivity contribution < 1.29 is 8.78 Å². The van der Waals surface area contributed by atoms with Gasteiger partial charge in [0.2, 0.25) is 0 Å². The minimum Gasteiger partial charge on any atom is -0.307 e. The van der Waals surface area contributed by atoms with E-state index in [1.165, 1.54) is 18.2 Å². The fraction of sp³-hybridized carbons (Fsp3) is 0.294. The lowest BCUT2D eigenvalue weighted by Gasteiger charge is -2.20. The molecule has 20 heavy (non-hydrogen) atoms. The van der Waals surface area contributed by atoms with Crippen molar-refractivity contribution in [2.45, 2.75) is 32.4 Å². The van der Waals surface area contributed by atoms with Gasteiger partial charge in [-0.1, -0.05) is 30.3 Å². The average Bonchev–Trinajstić information content (AvgIpc) is 2.41. The molecule has 1 unspecified atom stereocenters. The van der Waals surface area contributed by atoms with Gasteiger partial charge < -0.3 is 5.32 Å². The zero-order chi connectivity index (χ0) is 14.5. The largest absolute Gasteiger partial charge is 0.307 e. The monoisotopic (exact) mass is 275 g/mol. The van der Waals surface area contributed by atoms with E-state index in [0.717, 1.165) is 5.56 Å². The molecule has 2 aromatic carbocycles. The standard InChI is InChI=1S/C17H19F2N/c1-12(10-15-6-3-4-9-17(15)19)20-13(2)14-7-5-8-16(18)11-14/h3-9,11-13,20H,10H2,1-2H3/t12?,13-/m0/s1. The summed E-state index contributed by atoms with van der Waals surface area (Å²) in [4.78, 5) is 0. The van der Waals surface area contributed by atoms with Gasteiger partial charge in [0.25, 0.3) is 0 Å². The predicted octanol–water partition coefficient (Wildman–Crippen LogP) is 4.25. The maximum atomic E-state index is 13.6. The molecule has 0 aliphatic heterocycles. The number of nitrogens with one attached hydrogen (secondary N) is 1. The van der Waals surface area contributed by atoms with Crippen LogP contribution in [0.1, 0.15) is 31.0 Å². The minimum atomic E-state index is -0.238. The number of halogens is 2. The van der Waals surface area contributed by atoms with E-state index in [1.54, 1.807) is 18.2 Å². The van der Waals surface area contributed by atoms with Gasteiger partial charge in [-0.3, -0.25) is 0 Å². The zero-order valence-corrected chi connectivity index (χ0v) is 11.7. The topological polar surface area (TPSA) is 12.0 Å². The number of hydrogen-bond acceptors (Lipinski definition) is 1. The summed E-state index contributed by atoms with van der Waals surface area (Å²) in [6, 6.07) is 13.4. The summed E-state index contributed by atoms with van der Waals surface area (Å²) < 4.78 is 26.8. The summed E-state index contributed by atoms with van der Waals surface area (Å²) in [6.07, 6.45) is 0.604. The van der Waals surface area contributed by atoms with Gasteiger partial charge in [0, 0.05) is 12.1 Å². The van der Waals surface area contributed by atoms with Crippen molar-refractivity contribution in [1.82, 2.24) is 5.32 Å². The van der Waals surface area contributed by atoms with Crippen molar-refractivity contribution in [3.8, 4) is 0 Å². The van der Waals surface area contributed by atoms with E-state index < -0.39 is 0 Å². The van der Waals surface area contributed by atoms with Crippen LogP contribution in [0.2, 0.25) is 0 Å². The molecule has 0 spiro atoms. The highest BCUT2D eigenvalue weighted by Crippen LogP contribution is 2.16. The average molecular weight is 275 g/mol. The molecule has 0 amide bonds. The minimum absolute atomic E-state index is 0.0208. The molecular formula is C17H19F2N. The van der Waals surface area contributed by atoms with E-state index in [0.29, 0.717) is 12.0 Å². The summed E-state index contributed by atoms with van der Waals surface area (Å²) in [5, 5.41) is 3.37. The molecule has 2 atom stereocenters. The Hall–Kier alpha value is -1.74. The first-order valence-electron chi connectivity index (χ1n) is 6.81. The van der Waals surface area contributed by atoms with Gasteiger partial charge >= 0.3 is 0 Å². The Morgan fingerprint density at radius 1 is 1.00 bits per heavy atom. The second-order valence-corrected chi connectivity index (χ2v) is 5.14. The Kier molecular flexibility index (Phi) is 4.85. The Morgan fingerprint density at radius 3 is 2.45 bits per heavy atom. The molecule has 0 radical (unpaired) electrons. The van der Waals surface area contributed by atoms with Crippen LogP contribution in [0.4, 0.5) is 8.78 Å². The number of benzene rings is 2. The lowest BCUT2D eigenvalue weighted by atomic mass is 10.0. The summed E-state index contributed by atoms with van der Waals surface area (Å²) >= 11 is 0. The van der Waals surface area contributed by atoms with Crippen LogP contribution < -0.4 is 5.32 Å². The van der Waals surface area contributed by atoms with Gasteiger partial charge in [-0.2, -0.15) is 0 Å². The molecule has 1 nitrogen and oxygen atoms in total. The molecule has 106 valence electrons. The first-order chi connectivity index (χ1) is 9.56. The summed E-state index contributed by atoms with van der Waals surface area (Å²) in [5.74, 6) is -0.419. The molecule has 0 aliphatic rings. The fourth-order valence-corrected chi connectivity index (χ4v) is 2.35. The van der Waals surface area contributed by atoms with Crippen LogP contribution in [-0.2, 0) is 6.42 Å². The van der Waals surface area contributed by atoms with E-state index in [2.05, 4.69) is 5.32 Å². The molecule has 0 saturated carbocycles. The van der Waals surface area contributed by atoms with Crippen LogP contribution in [0.15, 0.2) is 48.5 Å². The quantitative estimate of drug-likeness (QED) is 0.860. The van der Waals surface area contributed by atoms with Crippen LogP contribution >= 0.6 is 0 Å². The molecule has 0 aliphatic carbocycles. The maximum Gasteiger partial charge on any atom is 0.126 e. The number of rotatable bonds is 5. The van der Waals surface area contributed by atoms with E-state index in [4.69, 9.17) is 0 Å². The molecule has 0 aromatic heterocycles.